The lowest BCUT2D eigenvalue weighted by molar-refractivity contribution is -0.136. The first-order chi connectivity index (χ1) is 5.75. The molecule has 0 saturated heterocycles. The van der Waals surface area contributed by atoms with E-state index in [2.05, 4.69) is 0 Å². The van der Waals surface area contributed by atoms with Crippen molar-refractivity contribution in [1.29, 1.82) is 0 Å². The van der Waals surface area contributed by atoms with Gasteiger partial charge in [-0.2, -0.15) is 0 Å². The maximum absolute atomic E-state index is 13.6. The summed E-state index contributed by atoms with van der Waals surface area (Å²) in [6.45, 7) is 0. The molecule has 0 heterocycles. The summed E-state index contributed by atoms with van der Waals surface area (Å²) in [6.07, 6.45) is 3.17. The van der Waals surface area contributed by atoms with Crippen LogP contribution < -0.4 is 0 Å². The predicted octanol–water partition coefficient (Wildman–Crippen LogP) is 1.75. The number of aliphatic hydroxyl groups excluding tert-OH is 1. The second-order valence-corrected chi connectivity index (χ2v) is 4.93. The van der Waals surface area contributed by atoms with Crippen molar-refractivity contribution < 1.29 is 9.50 Å². The molecule has 4 aliphatic rings. The van der Waals surface area contributed by atoms with Crippen LogP contribution in [0.3, 0.4) is 0 Å². The second-order valence-electron chi connectivity index (χ2n) is 4.93. The molecule has 4 rings (SSSR count). The molecule has 0 aliphatic heterocycles. The van der Waals surface area contributed by atoms with Crippen molar-refractivity contribution in [1.82, 2.24) is 0 Å². The summed E-state index contributed by atoms with van der Waals surface area (Å²) in [5.41, 5.74) is 0. The highest BCUT2D eigenvalue weighted by atomic mass is 19.1. The van der Waals surface area contributed by atoms with Crippen molar-refractivity contribution in [3.8, 4) is 0 Å². The number of alkyl halides is 1. The Morgan fingerprint density at radius 1 is 1.00 bits per heavy atom. The molecule has 1 unspecified atom stereocenters. The van der Waals surface area contributed by atoms with Gasteiger partial charge in [-0.05, 0) is 43.4 Å². The molecule has 1 N–H and O–H groups in total. The maximum atomic E-state index is 13.6. The molecule has 0 amide bonds. The molecule has 0 spiro atoms. The Bertz CT molecular complexity index is 188. The van der Waals surface area contributed by atoms with E-state index in [1.54, 1.807) is 0 Å². The zero-order chi connectivity index (χ0) is 8.29. The van der Waals surface area contributed by atoms with Gasteiger partial charge in [-0.25, -0.2) is 4.39 Å². The van der Waals surface area contributed by atoms with E-state index in [0.717, 1.165) is 25.2 Å². The monoisotopic (exact) mass is 170 g/mol. The molecule has 1 nitrogen and oxygen atoms in total. The minimum Gasteiger partial charge on any atom is -0.392 e. The lowest BCUT2D eigenvalue weighted by atomic mass is 9.54. The SMILES string of the molecule is O[C@@H]1[C@@H]2CC3C[C@@H](C2)[C@H](F)[C@@H]1C3. The Balaban J connectivity index is 1.93. The van der Waals surface area contributed by atoms with E-state index in [4.69, 9.17) is 0 Å². The minimum absolute atomic E-state index is 0.00116. The maximum Gasteiger partial charge on any atom is 0.108 e. The normalized spacial score (nSPS) is 62.5. The van der Waals surface area contributed by atoms with Crippen LogP contribution in [0.1, 0.15) is 25.7 Å². The van der Waals surface area contributed by atoms with Crippen molar-refractivity contribution >= 4 is 0 Å². The van der Waals surface area contributed by atoms with Gasteiger partial charge in [0.05, 0.1) is 6.10 Å². The van der Waals surface area contributed by atoms with Gasteiger partial charge in [0.1, 0.15) is 6.17 Å². The number of hydrogen-bond donors (Lipinski definition) is 1. The third-order valence-corrected chi connectivity index (χ3v) is 4.26. The topological polar surface area (TPSA) is 20.2 Å². The first-order valence-electron chi connectivity index (χ1n) is 5.08. The van der Waals surface area contributed by atoms with Gasteiger partial charge < -0.3 is 5.11 Å². The fourth-order valence-corrected chi connectivity index (χ4v) is 3.81. The average molecular weight is 170 g/mol. The molecular weight excluding hydrogens is 155 g/mol. The molecule has 4 saturated carbocycles. The van der Waals surface area contributed by atoms with Crippen LogP contribution >= 0.6 is 0 Å². The van der Waals surface area contributed by atoms with Crippen molar-refractivity contribution in [3.05, 3.63) is 0 Å². The van der Waals surface area contributed by atoms with Gasteiger partial charge in [0.25, 0.3) is 0 Å². The van der Waals surface area contributed by atoms with Gasteiger partial charge in [0.15, 0.2) is 0 Å². The highest BCUT2D eigenvalue weighted by Crippen LogP contribution is 2.54. The van der Waals surface area contributed by atoms with Crippen LogP contribution in [0.5, 0.6) is 0 Å². The van der Waals surface area contributed by atoms with Crippen LogP contribution in [0.25, 0.3) is 0 Å². The Morgan fingerprint density at radius 2 is 1.75 bits per heavy atom. The first-order valence-corrected chi connectivity index (χ1v) is 5.08. The summed E-state index contributed by atoms with van der Waals surface area (Å²) in [6, 6.07) is 0. The van der Waals surface area contributed by atoms with Crippen molar-refractivity contribution in [3.63, 3.8) is 0 Å². The fourth-order valence-electron chi connectivity index (χ4n) is 3.81. The van der Waals surface area contributed by atoms with Gasteiger partial charge in [-0.1, -0.05) is 0 Å². The van der Waals surface area contributed by atoms with E-state index >= 15 is 0 Å². The van der Waals surface area contributed by atoms with Gasteiger partial charge in [-0.3, -0.25) is 0 Å². The van der Waals surface area contributed by atoms with Gasteiger partial charge in [0.2, 0.25) is 0 Å². The molecule has 0 aromatic carbocycles. The van der Waals surface area contributed by atoms with E-state index in [1.165, 1.54) is 6.42 Å². The zero-order valence-electron chi connectivity index (χ0n) is 7.12. The second kappa shape index (κ2) is 2.22. The highest BCUT2D eigenvalue weighted by Gasteiger charge is 2.53. The molecule has 2 heteroatoms. The molecule has 68 valence electrons. The minimum atomic E-state index is -0.687. The number of halogens is 1. The van der Waals surface area contributed by atoms with Crippen LogP contribution in [-0.2, 0) is 0 Å². The summed E-state index contributed by atoms with van der Waals surface area (Å²) in [5, 5.41) is 9.76. The standard InChI is InChI=1S/C10H15FO/c11-9-6-1-5-2-7(4-6)10(12)8(9)3-5/h5-10,12H,1-4H2/t5?,6-,7+,8-,9-,10+/m0/s1. The highest BCUT2D eigenvalue weighted by molar-refractivity contribution is 5.02. The average Bonchev–Trinajstić information content (AvgIpc) is 2.07. The van der Waals surface area contributed by atoms with Gasteiger partial charge >= 0.3 is 0 Å². The quantitative estimate of drug-likeness (QED) is 0.587. The van der Waals surface area contributed by atoms with Crippen LogP contribution in [0.2, 0.25) is 0 Å². The first kappa shape index (κ1) is 7.31. The third kappa shape index (κ3) is 0.769. The number of aliphatic hydroxyl groups is 1. The van der Waals surface area contributed by atoms with Gasteiger partial charge in [0, 0.05) is 5.92 Å². The molecule has 4 aliphatic carbocycles. The van der Waals surface area contributed by atoms with Crippen molar-refractivity contribution in [2.24, 2.45) is 23.7 Å². The summed E-state index contributed by atoms with van der Waals surface area (Å²) in [4.78, 5) is 0. The van der Waals surface area contributed by atoms with E-state index in [9.17, 15) is 9.50 Å². The van der Waals surface area contributed by atoms with Crippen LogP contribution in [0, 0.1) is 23.7 Å². The largest absolute Gasteiger partial charge is 0.392 e. The Kier molecular flexibility index (Phi) is 1.35. The van der Waals surface area contributed by atoms with Gasteiger partial charge in [-0.15, -0.1) is 0 Å². The van der Waals surface area contributed by atoms with Crippen LogP contribution in [0.15, 0.2) is 0 Å². The Morgan fingerprint density at radius 3 is 2.58 bits per heavy atom. The van der Waals surface area contributed by atoms with Crippen molar-refractivity contribution in [2.45, 2.75) is 38.0 Å². The lowest BCUT2D eigenvalue weighted by Crippen LogP contribution is -2.54. The molecule has 4 fully saturated rings. The van der Waals surface area contributed by atoms with Crippen LogP contribution in [0.4, 0.5) is 4.39 Å². The number of rotatable bonds is 0. The molecule has 0 radical (unpaired) electrons. The third-order valence-electron chi connectivity index (χ3n) is 4.26. The Labute approximate surface area is 72.0 Å². The molecule has 0 aromatic heterocycles. The van der Waals surface area contributed by atoms with Crippen LogP contribution in [-0.4, -0.2) is 17.4 Å². The Hall–Kier alpha value is -0.110. The molecule has 4 bridgehead atoms. The fraction of sp³-hybridized carbons (Fsp3) is 1.00. The van der Waals surface area contributed by atoms with E-state index < -0.39 is 6.17 Å². The molecule has 12 heavy (non-hydrogen) atoms. The predicted molar refractivity (Wildman–Crippen MR) is 43.3 cm³/mol. The van der Waals surface area contributed by atoms with E-state index in [0.29, 0.717) is 11.8 Å². The summed E-state index contributed by atoms with van der Waals surface area (Å²) in [5.74, 6) is 1.49. The van der Waals surface area contributed by atoms with E-state index in [1.807, 2.05) is 0 Å². The summed E-state index contributed by atoms with van der Waals surface area (Å²) < 4.78 is 13.6. The lowest BCUT2D eigenvalue weighted by Gasteiger charge is -2.54. The molecule has 0 aromatic rings. The zero-order valence-corrected chi connectivity index (χ0v) is 7.12. The smallest absolute Gasteiger partial charge is 0.108 e. The van der Waals surface area contributed by atoms with Crippen molar-refractivity contribution in [2.75, 3.05) is 0 Å². The summed E-state index contributed by atoms with van der Waals surface area (Å²) in [7, 11) is 0. The molecule has 6 atom stereocenters. The molecular formula is C10H15FO. The van der Waals surface area contributed by atoms with E-state index in [-0.39, 0.29) is 12.0 Å². The summed E-state index contributed by atoms with van der Waals surface area (Å²) >= 11 is 0. The number of hydrogen-bond acceptors (Lipinski definition) is 1.